The maximum Gasteiger partial charge on any atom is 0.191 e. The van der Waals surface area contributed by atoms with Crippen molar-refractivity contribution in [2.24, 2.45) is 10.9 Å². The molecule has 7 heteroatoms. The molecule has 2 rings (SSSR count). The van der Waals surface area contributed by atoms with Gasteiger partial charge in [0.05, 0.1) is 0 Å². The van der Waals surface area contributed by atoms with Crippen LogP contribution in [0.4, 0.5) is 4.39 Å². The third-order valence-electron chi connectivity index (χ3n) is 4.92. The molecule has 1 aromatic rings. The Balaban J connectivity index is 1.77. The largest absolute Gasteiger partial charge is 0.356 e. The van der Waals surface area contributed by atoms with Crippen LogP contribution in [-0.4, -0.2) is 75.4 Å². The van der Waals surface area contributed by atoms with Crippen molar-refractivity contribution >= 4 is 17.7 Å². The van der Waals surface area contributed by atoms with Crippen LogP contribution < -0.4 is 10.6 Å². The Morgan fingerprint density at radius 1 is 1.22 bits per heavy atom. The molecule has 27 heavy (non-hydrogen) atoms. The summed E-state index contributed by atoms with van der Waals surface area (Å²) in [5, 5.41) is 6.78. The third kappa shape index (κ3) is 7.68. The molecule has 1 aliphatic heterocycles. The highest BCUT2D eigenvalue weighted by Crippen LogP contribution is 2.16. The van der Waals surface area contributed by atoms with Crippen molar-refractivity contribution in [1.82, 2.24) is 20.4 Å². The van der Waals surface area contributed by atoms with E-state index in [0.29, 0.717) is 12.5 Å². The highest BCUT2D eigenvalue weighted by atomic mass is 32.2. The molecule has 5 nitrogen and oxygen atoms in total. The van der Waals surface area contributed by atoms with Gasteiger partial charge in [0, 0.05) is 58.6 Å². The molecular weight excluding hydrogens is 361 g/mol. The molecule has 2 N–H and O–H groups in total. The molecule has 1 heterocycles. The Hall–Kier alpha value is -1.31. The summed E-state index contributed by atoms with van der Waals surface area (Å²) >= 11 is 1.70. The molecular formula is C20H34FN5S. The lowest BCUT2D eigenvalue weighted by molar-refractivity contribution is 0.139. The molecule has 1 fully saturated rings. The molecule has 152 valence electrons. The smallest absolute Gasteiger partial charge is 0.191 e. The van der Waals surface area contributed by atoms with Gasteiger partial charge in [0.15, 0.2) is 5.96 Å². The highest BCUT2D eigenvalue weighted by Gasteiger charge is 2.16. The lowest BCUT2D eigenvalue weighted by Gasteiger charge is -2.34. The molecule has 0 aromatic heterocycles. The number of piperazine rings is 1. The van der Waals surface area contributed by atoms with E-state index in [0.717, 1.165) is 62.1 Å². The van der Waals surface area contributed by atoms with Gasteiger partial charge in [-0.2, -0.15) is 11.8 Å². The predicted octanol–water partition coefficient (Wildman–Crippen LogP) is 2.24. The standard InChI is InChI=1S/C20H34FN5S/c1-16(14-26-9-7-25(3)8-10-26)12-23-20(22-2)24-13-17-5-6-19(21)11-18(17)15-27-4/h5-6,11,16H,7-10,12-15H2,1-4H3,(H2,22,23,24). The van der Waals surface area contributed by atoms with E-state index in [1.54, 1.807) is 24.9 Å². The van der Waals surface area contributed by atoms with Crippen LogP contribution in [0.1, 0.15) is 18.1 Å². The lowest BCUT2D eigenvalue weighted by Crippen LogP contribution is -2.47. The van der Waals surface area contributed by atoms with E-state index in [1.807, 2.05) is 12.3 Å². The second-order valence-corrected chi connectivity index (χ2v) is 8.23. The Bertz CT molecular complexity index is 602. The minimum absolute atomic E-state index is 0.178. The van der Waals surface area contributed by atoms with Gasteiger partial charge in [-0.3, -0.25) is 4.99 Å². The molecule has 0 bridgehead atoms. The summed E-state index contributed by atoms with van der Waals surface area (Å²) in [4.78, 5) is 9.24. The van der Waals surface area contributed by atoms with Crippen LogP contribution in [0.5, 0.6) is 0 Å². The third-order valence-corrected chi connectivity index (χ3v) is 5.52. The minimum Gasteiger partial charge on any atom is -0.356 e. The zero-order chi connectivity index (χ0) is 19.6. The number of thioether (sulfide) groups is 1. The van der Waals surface area contributed by atoms with Gasteiger partial charge in [-0.05, 0) is 42.5 Å². The van der Waals surface area contributed by atoms with Crippen LogP contribution in [0, 0.1) is 11.7 Å². The topological polar surface area (TPSA) is 42.9 Å². The lowest BCUT2D eigenvalue weighted by atomic mass is 10.1. The number of likely N-dealkylation sites (N-methyl/N-ethyl adjacent to an activating group) is 1. The monoisotopic (exact) mass is 395 g/mol. The first-order valence-electron chi connectivity index (χ1n) is 9.63. The van der Waals surface area contributed by atoms with Crippen molar-refractivity contribution in [2.75, 3.05) is 59.6 Å². The summed E-state index contributed by atoms with van der Waals surface area (Å²) in [5.41, 5.74) is 2.15. The number of benzene rings is 1. The second kappa shape index (κ2) is 11.5. The van der Waals surface area contributed by atoms with E-state index in [1.165, 1.54) is 6.07 Å². The van der Waals surface area contributed by atoms with Crippen molar-refractivity contribution in [3.8, 4) is 0 Å². The average molecular weight is 396 g/mol. The fourth-order valence-corrected chi connectivity index (χ4v) is 3.84. The van der Waals surface area contributed by atoms with Gasteiger partial charge in [0.1, 0.15) is 5.82 Å². The van der Waals surface area contributed by atoms with Gasteiger partial charge in [-0.15, -0.1) is 0 Å². The average Bonchev–Trinajstić information content (AvgIpc) is 2.65. The van der Waals surface area contributed by atoms with Crippen LogP contribution in [0.2, 0.25) is 0 Å². The summed E-state index contributed by atoms with van der Waals surface area (Å²) < 4.78 is 13.5. The first-order valence-corrected chi connectivity index (χ1v) is 11.0. The van der Waals surface area contributed by atoms with Crippen LogP contribution in [-0.2, 0) is 12.3 Å². The normalized spacial score (nSPS) is 17.7. The first-order chi connectivity index (χ1) is 13.0. The quantitative estimate of drug-likeness (QED) is 0.522. The number of rotatable bonds is 8. The molecule has 1 atom stereocenters. The fourth-order valence-electron chi connectivity index (χ4n) is 3.26. The van der Waals surface area contributed by atoms with Crippen molar-refractivity contribution in [3.63, 3.8) is 0 Å². The Kier molecular flexibility index (Phi) is 9.38. The van der Waals surface area contributed by atoms with Gasteiger partial charge in [-0.25, -0.2) is 4.39 Å². The van der Waals surface area contributed by atoms with Gasteiger partial charge in [0.2, 0.25) is 0 Å². The Labute approximate surface area is 167 Å². The number of nitrogens with zero attached hydrogens (tertiary/aromatic N) is 3. The molecule has 0 amide bonds. The Morgan fingerprint density at radius 3 is 2.63 bits per heavy atom. The van der Waals surface area contributed by atoms with Crippen LogP contribution in [0.3, 0.4) is 0 Å². The number of halogens is 1. The van der Waals surface area contributed by atoms with E-state index in [-0.39, 0.29) is 5.82 Å². The van der Waals surface area contributed by atoms with Gasteiger partial charge in [0.25, 0.3) is 0 Å². The molecule has 1 saturated heterocycles. The van der Waals surface area contributed by atoms with E-state index in [2.05, 4.69) is 39.4 Å². The van der Waals surface area contributed by atoms with Gasteiger partial charge in [-0.1, -0.05) is 13.0 Å². The zero-order valence-electron chi connectivity index (χ0n) is 17.1. The SMILES string of the molecule is CN=C(NCc1ccc(F)cc1CSC)NCC(C)CN1CCN(C)CC1. The van der Waals surface area contributed by atoms with Crippen molar-refractivity contribution in [1.29, 1.82) is 0 Å². The van der Waals surface area contributed by atoms with Crippen molar-refractivity contribution in [3.05, 3.63) is 35.1 Å². The van der Waals surface area contributed by atoms with E-state index >= 15 is 0 Å². The summed E-state index contributed by atoms with van der Waals surface area (Å²) in [7, 11) is 3.97. The molecule has 0 spiro atoms. The maximum absolute atomic E-state index is 13.5. The molecule has 1 aromatic carbocycles. The zero-order valence-corrected chi connectivity index (χ0v) is 17.9. The van der Waals surface area contributed by atoms with Crippen molar-refractivity contribution in [2.45, 2.75) is 19.2 Å². The molecule has 0 saturated carbocycles. The van der Waals surface area contributed by atoms with E-state index in [4.69, 9.17) is 0 Å². The van der Waals surface area contributed by atoms with Crippen molar-refractivity contribution < 1.29 is 4.39 Å². The molecule has 0 radical (unpaired) electrons. The van der Waals surface area contributed by atoms with E-state index < -0.39 is 0 Å². The number of aliphatic imine (C=N–C) groups is 1. The number of hydrogen-bond acceptors (Lipinski definition) is 4. The second-order valence-electron chi connectivity index (χ2n) is 7.36. The molecule has 1 aliphatic rings. The number of hydrogen-bond donors (Lipinski definition) is 2. The summed E-state index contributed by atoms with van der Waals surface area (Å²) in [6.07, 6.45) is 2.03. The van der Waals surface area contributed by atoms with Crippen LogP contribution in [0.25, 0.3) is 0 Å². The van der Waals surface area contributed by atoms with Crippen LogP contribution in [0.15, 0.2) is 23.2 Å². The predicted molar refractivity (Wildman–Crippen MR) is 115 cm³/mol. The highest BCUT2D eigenvalue weighted by molar-refractivity contribution is 7.97. The first kappa shape index (κ1) is 22.0. The number of guanidine groups is 1. The molecule has 0 aliphatic carbocycles. The summed E-state index contributed by atoms with van der Waals surface area (Å²) in [6.45, 7) is 9.50. The van der Waals surface area contributed by atoms with Crippen LogP contribution >= 0.6 is 11.8 Å². The summed E-state index contributed by atoms with van der Waals surface area (Å²) in [6, 6.07) is 5.01. The van der Waals surface area contributed by atoms with Gasteiger partial charge >= 0.3 is 0 Å². The summed E-state index contributed by atoms with van der Waals surface area (Å²) in [5.74, 6) is 1.97. The fraction of sp³-hybridized carbons (Fsp3) is 0.650. The number of nitrogens with one attached hydrogen (secondary N) is 2. The molecule has 1 unspecified atom stereocenters. The Morgan fingerprint density at radius 2 is 1.96 bits per heavy atom. The van der Waals surface area contributed by atoms with Gasteiger partial charge < -0.3 is 20.4 Å². The van der Waals surface area contributed by atoms with E-state index in [9.17, 15) is 4.39 Å². The maximum atomic E-state index is 13.5. The minimum atomic E-state index is -0.178.